The third-order valence-electron chi connectivity index (χ3n) is 4.56. The molecule has 0 aliphatic rings. The first-order valence-electron chi connectivity index (χ1n) is 10.9. The number of carbonyl (C=O) groups excluding carboxylic acids is 3. The summed E-state index contributed by atoms with van der Waals surface area (Å²) in [6.07, 6.45) is -2.90. The third-order valence-corrected chi connectivity index (χ3v) is 4.56. The first-order chi connectivity index (χ1) is 15.2. The van der Waals surface area contributed by atoms with E-state index in [4.69, 9.17) is 4.74 Å². The maximum absolute atomic E-state index is 13.6. The van der Waals surface area contributed by atoms with Crippen LogP contribution in [0.4, 0.5) is 13.6 Å². The Morgan fingerprint density at radius 3 is 2.12 bits per heavy atom. The van der Waals surface area contributed by atoms with Gasteiger partial charge in [0.25, 0.3) is 0 Å². The van der Waals surface area contributed by atoms with E-state index in [1.807, 2.05) is 0 Å². The van der Waals surface area contributed by atoms with Gasteiger partial charge in [0.15, 0.2) is 0 Å². The van der Waals surface area contributed by atoms with Crippen LogP contribution in [0, 0.1) is 17.6 Å². The van der Waals surface area contributed by atoms with Crippen LogP contribution >= 0.6 is 0 Å². The van der Waals surface area contributed by atoms with Crippen LogP contribution in [0.1, 0.15) is 53.5 Å². The molecule has 1 aromatic rings. The van der Waals surface area contributed by atoms with Crippen molar-refractivity contribution in [3.63, 3.8) is 0 Å². The van der Waals surface area contributed by atoms with E-state index in [0.717, 1.165) is 12.1 Å². The minimum absolute atomic E-state index is 0.160. The number of halogens is 2. The van der Waals surface area contributed by atoms with Crippen molar-refractivity contribution in [1.29, 1.82) is 0 Å². The summed E-state index contributed by atoms with van der Waals surface area (Å²) in [5.41, 5.74) is -0.644. The summed E-state index contributed by atoms with van der Waals surface area (Å²) < 4.78 is 32.4. The lowest BCUT2D eigenvalue weighted by atomic mass is 9.98. The van der Waals surface area contributed by atoms with Gasteiger partial charge in [-0.3, -0.25) is 9.59 Å². The van der Waals surface area contributed by atoms with Gasteiger partial charge in [-0.1, -0.05) is 13.8 Å². The summed E-state index contributed by atoms with van der Waals surface area (Å²) in [6.45, 7) is 10.6. The van der Waals surface area contributed by atoms with E-state index in [1.165, 1.54) is 0 Å². The summed E-state index contributed by atoms with van der Waals surface area (Å²) in [7, 11) is 0. The van der Waals surface area contributed by atoms with E-state index in [9.17, 15) is 28.3 Å². The maximum Gasteiger partial charge on any atom is 0.407 e. The number of hydrogen-bond acceptors (Lipinski definition) is 5. The van der Waals surface area contributed by atoms with Gasteiger partial charge in [0.2, 0.25) is 11.8 Å². The summed E-state index contributed by atoms with van der Waals surface area (Å²) in [5.74, 6) is -2.80. The first-order valence-corrected chi connectivity index (χ1v) is 10.9. The molecule has 0 aliphatic carbocycles. The molecule has 8 nitrogen and oxygen atoms in total. The van der Waals surface area contributed by atoms with Gasteiger partial charge in [0, 0.05) is 12.6 Å². The van der Waals surface area contributed by atoms with Gasteiger partial charge < -0.3 is 25.8 Å². The quantitative estimate of drug-likeness (QED) is 0.418. The lowest BCUT2D eigenvalue weighted by Crippen LogP contribution is -2.52. The van der Waals surface area contributed by atoms with Crippen molar-refractivity contribution >= 4 is 17.9 Å². The lowest BCUT2D eigenvalue weighted by Gasteiger charge is -2.27. The van der Waals surface area contributed by atoms with Gasteiger partial charge in [0.05, 0.1) is 18.6 Å². The number of ether oxygens (including phenoxy) is 1. The lowest BCUT2D eigenvalue weighted by molar-refractivity contribution is -0.131. The second-order valence-corrected chi connectivity index (χ2v) is 9.19. The molecule has 0 heterocycles. The fourth-order valence-electron chi connectivity index (χ4n) is 3.11. The molecule has 33 heavy (non-hydrogen) atoms. The highest BCUT2D eigenvalue weighted by Crippen LogP contribution is 2.15. The van der Waals surface area contributed by atoms with Crippen LogP contribution in [0.3, 0.4) is 0 Å². The van der Waals surface area contributed by atoms with Crippen molar-refractivity contribution in [2.45, 2.75) is 78.2 Å². The number of amides is 3. The monoisotopic (exact) mass is 471 g/mol. The molecule has 1 aromatic carbocycles. The van der Waals surface area contributed by atoms with Gasteiger partial charge in [0.1, 0.15) is 23.3 Å². The zero-order valence-electron chi connectivity index (χ0n) is 20.0. The van der Waals surface area contributed by atoms with Crippen LogP contribution in [0.25, 0.3) is 0 Å². The van der Waals surface area contributed by atoms with Crippen LogP contribution in [0.15, 0.2) is 18.2 Å². The highest BCUT2D eigenvalue weighted by Gasteiger charge is 2.29. The molecule has 0 radical (unpaired) electrons. The van der Waals surface area contributed by atoms with Gasteiger partial charge in [-0.25, -0.2) is 13.6 Å². The van der Waals surface area contributed by atoms with E-state index in [1.54, 1.807) is 41.5 Å². The Balaban J connectivity index is 2.99. The van der Waals surface area contributed by atoms with Gasteiger partial charge in [-0.05, 0) is 57.7 Å². The number of hydrogen-bond donors (Lipinski definition) is 4. The second-order valence-electron chi connectivity index (χ2n) is 9.19. The molecular weight excluding hydrogens is 436 g/mol. The molecule has 10 heteroatoms. The van der Waals surface area contributed by atoms with Crippen LogP contribution < -0.4 is 16.0 Å². The number of carbonyl (C=O) groups is 3. The van der Waals surface area contributed by atoms with E-state index in [0.29, 0.717) is 12.6 Å². The van der Waals surface area contributed by atoms with Crippen molar-refractivity contribution in [2.75, 3.05) is 6.54 Å². The average molecular weight is 472 g/mol. The fraction of sp³-hybridized carbons (Fsp3) is 0.609. The largest absolute Gasteiger partial charge is 0.444 e. The predicted octanol–water partition coefficient (Wildman–Crippen LogP) is 2.43. The van der Waals surface area contributed by atoms with Gasteiger partial charge in [-0.2, -0.15) is 0 Å². The minimum atomic E-state index is -1.43. The van der Waals surface area contributed by atoms with Crippen molar-refractivity contribution in [3.05, 3.63) is 35.4 Å². The van der Waals surface area contributed by atoms with Crippen molar-refractivity contribution in [1.82, 2.24) is 16.0 Å². The van der Waals surface area contributed by atoms with Gasteiger partial charge >= 0.3 is 6.09 Å². The summed E-state index contributed by atoms with van der Waals surface area (Å²) in [6, 6.07) is 0.956. The number of aliphatic hydroxyl groups is 1. The average Bonchev–Trinajstić information content (AvgIpc) is 2.63. The highest BCUT2D eigenvalue weighted by atomic mass is 19.1. The van der Waals surface area contributed by atoms with Crippen molar-refractivity contribution in [2.24, 2.45) is 5.92 Å². The van der Waals surface area contributed by atoms with Crippen LogP contribution in [-0.4, -0.2) is 53.3 Å². The molecule has 0 unspecified atom stereocenters. The van der Waals surface area contributed by atoms with E-state index in [2.05, 4.69) is 16.0 Å². The molecule has 3 amide bonds. The summed E-state index contributed by atoms with van der Waals surface area (Å²) in [4.78, 5) is 37.0. The predicted molar refractivity (Wildman–Crippen MR) is 119 cm³/mol. The van der Waals surface area contributed by atoms with E-state index < -0.39 is 53.8 Å². The number of aliphatic hydroxyl groups excluding tert-OH is 1. The molecule has 3 atom stereocenters. The number of alkyl carbamates (subject to hydrolysis) is 1. The van der Waals surface area contributed by atoms with Crippen LogP contribution in [0.2, 0.25) is 0 Å². The smallest absolute Gasteiger partial charge is 0.407 e. The second kappa shape index (κ2) is 12.5. The topological polar surface area (TPSA) is 117 Å². The summed E-state index contributed by atoms with van der Waals surface area (Å²) >= 11 is 0. The molecular formula is C23H35F2N3O5. The van der Waals surface area contributed by atoms with Crippen molar-refractivity contribution in [3.8, 4) is 0 Å². The van der Waals surface area contributed by atoms with Crippen LogP contribution in [0.5, 0.6) is 0 Å². The third kappa shape index (κ3) is 10.6. The highest BCUT2D eigenvalue weighted by molar-refractivity contribution is 5.88. The first kappa shape index (κ1) is 28.3. The normalized spacial score (nSPS) is 14.2. The maximum atomic E-state index is 13.6. The number of nitrogens with one attached hydrogen (secondary N) is 3. The Kier molecular flexibility index (Phi) is 10.7. The molecule has 0 aromatic heterocycles. The molecule has 1 rings (SSSR count). The zero-order chi connectivity index (χ0) is 25.3. The Bertz CT molecular complexity index is 807. The number of rotatable bonds is 10. The molecule has 0 saturated heterocycles. The zero-order valence-corrected chi connectivity index (χ0v) is 20.0. The van der Waals surface area contributed by atoms with Crippen molar-refractivity contribution < 1.29 is 33.0 Å². The minimum Gasteiger partial charge on any atom is -0.444 e. The molecule has 0 fully saturated rings. The Morgan fingerprint density at radius 1 is 1.06 bits per heavy atom. The summed E-state index contributed by atoms with van der Waals surface area (Å²) in [5, 5.41) is 18.4. The van der Waals surface area contributed by atoms with Crippen LogP contribution in [-0.2, 0) is 20.7 Å². The molecule has 186 valence electrons. The molecule has 0 bridgehead atoms. The Morgan fingerprint density at radius 2 is 1.64 bits per heavy atom. The Labute approximate surface area is 193 Å². The molecule has 4 N–H and O–H groups in total. The van der Waals surface area contributed by atoms with E-state index in [-0.39, 0.29) is 23.8 Å². The van der Waals surface area contributed by atoms with E-state index >= 15 is 0 Å². The standard InChI is InChI=1S/C23H35F2N3O5/c1-7-26-21(31)20(13(2)3)28-19(30)12-18(29)17(27-22(32)33-23(4,5)6)10-14-8-15(24)11-16(25)9-14/h8-9,11,13,17-18,20,29H,7,10,12H2,1-6H3,(H,26,31)(H,27,32)(H,28,30)/t17-,18-,20-/m0/s1. The molecule has 0 spiro atoms. The Hall–Kier alpha value is -2.75. The number of likely N-dealkylation sites (N-methyl/N-ethyl adjacent to an activating group) is 1. The number of benzene rings is 1. The SMILES string of the molecule is CCNC(=O)[C@@H](NC(=O)C[C@H](O)[C@H](Cc1cc(F)cc(F)c1)NC(=O)OC(C)(C)C)C(C)C. The van der Waals surface area contributed by atoms with Gasteiger partial charge in [-0.15, -0.1) is 0 Å². The molecule has 0 saturated carbocycles. The molecule has 0 aliphatic heterocycles. The fourth-order valence-corrected chi connectivity index (χ4v) is 3.11.